The molecule has 1 atom stereocenters. The van der Waals surface area contributed by atoms with Crippen molar-refractivity contribution < 1.29 is 14.3 Å². The number of hydrogen-bond acceptors (Lipinski definition) is 4. The molecule has 126 valence electrons. The summed E-state index contributed by atoms with van der Waals surface area (Å²) in [5.74, 6) is -0.0791. The summed E-state index contributed by atoms with van der Waals surface area (Å²) < 4.78 is 5.26. The topological polar surface area (TPSA) is 71.5 Å². The minimum atomic E-state index is -0.793. The van der Waals surface area contributed by atoms with Crippen LogP contribution in [0.4, 0.5) is 0 Å². The molecule has 1 N–H and O–H groups in total. The molecule has 0 saturated carbocycles. The highest BCUT2D eigenvalue weighted by atomic mass is 16.5. The molecule has 6 nitrogen and oxygen atoms in total. The van der Waals surface area contributed by atoms with E-state index in [1.165, 1.54) is 0 Å². The van der Waals surface area contributed by atoms with Gasteiger partial charge in [0.2, 0.25) is 11.8 Å². The molecule has 1 saturated heterocycles. The summed E-state index contributed by atoms with van der Waals surface area (Å²) in [6.07, 6.45) is 5.14. The summed E-state index contributed by atoms with van der Waals surface area (Å²) in [4.78, 5) is 30.5. The van der Waals surface area contributed by atoms with Gasteiger partial charge in [-0.2, -0.15) is 0 Å². The zero-order chi connectivity index (χ0) is 16.7. The summed E-state index contributed by atoms with van der Waals surface area (Å²) in [7, 11) is 0. The van der Waals surface area contributed by atoms with Gasteiger partial charge in [-0.3, -0.25) is 14.6 Å². The molecule has 0 radical (unpaired) electrons. The second-order valence-corrected chi connectivity index (χ2v) is 5.92. The SMILES string of the molecule is CCOCCCNC(=O)[C@]1(C)CCC(=O)N1Cc1cccnc1. The molecule has 1 aliphatic rings. The van der Waals surface area contributed by atoms with Gasteiger partial charge in [-0.15, -0.1) is 0 Å². The van der Waals surface area contributed by atoms with Crippen molar-refractivity contribution in [3.8, 4) is 0 Å². The maximum absolute atomic E-state index is 12.6. The second kappa shape index (κ2) is 8.06. The summed E-state index contributed by atoms with van der Waals surface area (Å²) in [5, 5.41) is 2.93. The Morgan fingerprint density at radius 1 is 1.52 bits per heavy atom. The van der Waals surface area contributed by atoms with Gasteiger partial charge in [0.1, 0.15) is 5.54 Å². The molecule has 1 aliphatic heterocycles. The van der Waals surface area contributed by atoms with Crippen molar-refractivity contribution in [2.75, 3.05) is 19.8 Å². The molecule has 1 fully saturated rings. The molecular formula is C17H25N3O3. The van der Waals surface area contributed by atoms with E-state index in [4.69, 9.17) is 4.74 Å². The molecule has 1 aromatic rings. The monoisotopic (exact) mass is 319 g/mol. The number of carbonyl (C=O) groups is 2. The molecule has 0 aliphatic carbocycles. The first-order chi connectivity index (χ1) is 11.1. The second-order valence-electron chi connectivity index (χ2n) is 5.92. The average Bonchev–Trinajstić information content (AvgIpc) is 2.85. The van der Waals surface area contributed by atoms with Crippen LogP contribution in [0.15, 0.2) is 24.5 Å². The highest BCUT2D eigenvalue weighted by Gasteiger charge is 2.46. The van der Waals surface area contributed by atoms with Crippen molar-refractivity contribution in [2.45, 2.75) is 45.2 Å². The van der Waals surface area contributed by atoms with E-state index >= 15 is 0 Å². The van der Waals surface area contributed by atoms with Gasteiger partial charge >= 0.3 is 0 Å². The van der Waals surface area contributed by atoms with Gasteiger partial charge in [0, 0.05) is 45.1 Å². The van der Waals surface area contributed by atoms with Crippen LogP contribution in [-0.4, -0.2) is 47.0 Å². The number of carbonyl (C=O) groups excluding carboxylic acids is 2. The minimum absolute atomic E-state index is 0.0146. The Balaban J connectivity index is 1.96. The number of amides is 2. The number of aromatic nitrogens is 1. The number of pyridine rings is 1. The molecule has 1 aromatic heterocycles. The predicted octanol–water partition coefficient (Wildman–Crippen LogP) is 1.51. The third kappa shape index (κ3) is 4.28. The van der Waals surface area contributed by atoms with Crippen LogP contribution >= 0.6 is 0 Å². The van der Waals surface area contributed by atoms with Crippen LogP contribution in [0, 0.1) is 0 Å². The Hall–Kier alpha value is -1.95. The summed E-state index contributed by atoms with van der Waals surface area (Å²) in [5.41, 5.74) is 0.136. The van der Waals surface area contributed by atoms with Crippen LogP contribution < -0.4 is 5.32 Å². The average molecular weight is 319 g/mol. The Bertz CT molecular complexity index is 535. The third-order valence-corrected chi connectivity index (χ3v) is 4.23. The third-order valence-electron chi connectivity index (χ3n) is 4.23. The normalized spacial score (nSPS) is 20.8. The smallest absolute Gasteiger partial charge is 0.245 e. The number of hydrogen-bond donors (Lipinski definition) is 1. The van der Waals surface area contributed by atoms with Crippen molar-refractivity contribution in [2.24, 2.45) is 0 Å². The number of rotatable bonds is 8. The molecule has 0 spiro atoms. The highest BCUT2D eigenvalue weighted by molar-refractivity contribution is 5.94. The van der Waals surface area contributed by atoms with E-state index in [0.29, 0.717) is 39.1 Å². The van der Waals surface area contributed by atoms with Gasteiger partial charge in [-0.25, -0.2) is 0 Å². The largest absolute Gasteiger partial charge is 0.382 e. The minimum Gasteiger partial charge on any atom is -0.382 e. The van der Waals surface area contributed by atoms with Crippen LogP contribution in [0.1, 0.15) is 38.7 Å². The van der Waals surface area contributed by atoms with E-state index in [-0.39, 0.29) is 11.8 Å². The zero-order valence-electron chi connectivity index (χ0n) is 13.9. The van der Waals surface area contributed by atoms with Crippen molar-refractivity contribution in [3.05, 3.63) is 30.1 Å². The van der Waals surface area contributed by atoms with Crippen LogP contribution in [-0.2, 0) is 20.9 Å². The lowest BCUT2D eigenvalue weighted by Gasteiger charge is -2.34. The van der Waals surface area contributed by atoms with E-state index < -0.39 is 5.54 Å². The fourth-order valence-corrected chi connectivity index (χ4v) is 2.78. The van der Waals surface area contributed by atoms with Crippen molar-refractivity contribution in [1.82, 2.24) is 15.2 Å². The van der Waals surface area contributed by atoms with E-state index in [2.05, 4.69) is 10.3 Å². The van der Waals surface area contributed by atoms with Crippen molar-refractivity contribution in [3.63, 3.8) is 0 Å². The number of likely N-dealkylation sites (tertiary alicyclic amines) is 1. The molecule has 0 aromatic carbocycles. The fourth-order valence-electron chi connectivity index (χ4n) is 2.78. The molecule has 0 bridgehead atoms. The Kier molecular flexibility index (Phi) is 6.10. The van der Waals surface area contributed by atoms with Gasteiger partial charge < -0.3 is 15.0 Å². The first kappa shape index (κ1) is 17.4. The maximum atomic E-state index is 12.6. The fraction of sp³-hybridized carbons (Fsp3) is 0.588. The molecule has 0 unspecified atom stereocenters. The molecule has 2 rings (SSSR count). The Labute approximate surface area is 137 Å². The van der Waals surface area contributed by atoms with E-state index in [9.17, 15) is 9.59 Å². The quantitative estimate of drug-likeness (QED) is 0.737. The summed E-state index contributed by atoms with van der Waals surface area (Å²) >= 11 is 0. The molecular weight excluding hydrogens is 294 g/mol. The van der Waals surface area contributed by atoms with Crippen molar-refractivity contribution in [1.29, 1.82) is 0 Å². The maximum Gasteiger partial charge on any atom is 0.245 e. The molecule has 6 heteroatoms. The van der Waals surface area contributed by atoms with Gasteiger partial charge in [-0.1, -0.05) is 6.07 Å². The molecule has 2 heterocycles. The van der Waals surface area contributed by atoms with Crippen LogP contribution in [0.2, 0.25) is 0 Å². The summed E-state index contributed by atoms with van der Waals surface area (Å²) in [6, 6.07) is 3.75. The molecule has 23 heavy (non-hydrogen) atoms. The lowest BCUT2D eigenvalue weighted by Crippen LogP contribution is -2.54. The Morgan fingerprint density at radius 3 is 3.04 bits per heavy atom. The standard InChI is InChI=1S/C17H25N3O3/c1-3-23-11-5-10-19-16(22)17(2)8-7-15(21)20(17)13-14-6-4-9-18-12-14/h4,6,9,12H,3,5,7-8,10-11,13H2,1-2H3,(H,19,22)/t17-/m0/s1. The van der Waals surface area contributed by atoms with Gasteiger partial charge in [-0.05, 0) is 38.3 Å². The van der Waals surface area contributed by atoms with Crippen LogP contribution in [0.5, 0.6) is 0 Å². The Morgan fingerprint density at radius 2 is 2.35 bits per heavy atom. The first-order valence-electron chi connectivity index (χ1n) is 8.13. The highest BCUT2D eigenvalue weighted by Crippen LogP contribution is 2.31. The van der Waals surface area contributed by atoms with Gasteiger partial charge in [0.25, 0.3) is 0 Å². The number of ether oxygens (including phenoxy) is 1. The van der Waals surface area contributed by atoms with Gasteiger partial charge in [0.05, 0.1) is 0 Å². The molecule has 2 amide bonds. The first-order valence-corrected chi connectivity index (χ1v) is 8.13. The summed E-state index contributed by atoms with van der Waals surface area (Å²) in [6.45, 7) is 6.07. The number of nitrogens with zero attached hydrogens (tertiary/aromatic N) is 2. The van der Waals surface area contributed by atoms with E-state index in [0.717, 1.165) is 12.0 Å². The van der Waals surface area contributed by atoms with Crippen LogP contribution in [0.3, 0.4) is 0 Å². The van der Waals surface area contributed by atoms with E-state index in [1.54, 1.807) is 17.3 Å². The predicted molar refractivity (Wildman–Crippen MR) is 86.5 cm³/mol. The van der Waals surface area contributed by atoms with Gasteiger partial charge in [0.15, 0.2) is 0 Å². The zero-order valence-corrected chi connectivity index (χ0v) is 13.9. The van der Waals surface area contributed by atoms with Crippen molar-refractivity contribution >= 4 is 11.8 Å². The van der Waals surface area contributed by atoms with E-state index in [1.807, 2.05) is 26.0 Å². The lowest BCUT2D eigenvalue weighted by molar-refractivity contribution is -0.141. The lowest BCUT2D eigenvalue weighted by atomic mass is 9.97. The van der Waals surface area contributed by atoms with Crippen LogP contribution in [0.25, 0.3) is 0 Å². The number of nitrogens with one attached hydrogen (secondary N) is 1.